The first kappa shape index (κ1) is 18.9. The fourth-order valence-electron chi connectivity index (χ4n) is 1.44. The fourth-order valence-corrected chi connectivity index (χ4v) is 1.90. The number of carbonyl (C=O) groups is 1. The first-order valence-corrected chi connectivity index (χ1v) is 7.46. The van der Waals surface area contributed by atoms with Crippen LogP contribution in [0.3, 0.4) is 0 Å². The zero-order valence-electron chi connectivity index (χ0n) is 11.4. The van der Waals surface area contributed by atoms with Crippen LogP contribution in [0.5, 0.6) is 0 Å². The van der Waals surface area contributed by atoms with Gasteiger partial charge in [-0.2, -0.15) is 0 Å². The molecule has 0 saturated carbocycles. The van der Waals surface area contributed by atoms with Gasteiger partial charge in [0.15, 0.2) is 5.76 Å². The SMILES string of the molecule is CCC(N)(CC)CNC(=O)c1ccc(S(N)(=O)=O)o1.Cl. The van der Waals surface area contributed by atoms with Crippen LogP contribution in [0.1, 0.15) is 37.2 Å². The average Bonchev–Trinajstić information content (AvgIpc) is 2.85. The molecule has 0 unspecified atom stereocenters. The van der Waals surface area contributed by atoms with Crippen LogP contribution in [-0.2, 0) is 10.0 Å². The molecule has 20 heavy (non-hydrogen) atoms. The first-order chi connectivity index (χ1) is 8.72. The van der Waals surface area contributed by atoms with Crippen molar-refractivity contribution >= 4 is 28.3 Å². The number of nitrogens with one attached hydrogen (secondary N) is 1. The summed E-state index contributed by atoms with van der Waals surface area (Å²) in [7, 11) is -3.94. The number of hydrogen-bond acceptors (Lipinski definition) is 5. The molecule has 0 bridgehead atoms. The van der Waals surface area contributed by atoms with Gasteiger partial charge in [0, 0.05) is 12.1 Å². The van der Waals surface area contributed by atoms with Crippen LogP contribution in [0.15, 0.2) is 21.6 Å². The molecule has 1 aromatic heterocycles. The van der Waals surface area contributed by atoms with Gasteiger partial charge in [-0.25, -0.2) is 13.6 Å². The van der Waals surface area contributed by atoms with Gasteiger partial charge in [0.2, 0.25) is 5.09 Å². The highest BCUT2D eigenvalue weighted by atomic mass is 35.5. The summed E-state index contributed by atoms with van der Waals surface area (Å²) in [5.41, 5.74) is 5.56. The monoisotopic (exact) mass is 325 g/mol. The van der Waals surface area contributed by atoms with Gasteiger partial charge >= 0.3 is 0 Å². The topological polar surface area (TPSA) is 128 Å². The van der Waals surface area contributed by atoms with Crippen LogP contribution in [0.2, 0.25) is 0 Å². The molecule has 9 heteroatoms. The molecule has 1 rings (SSSR count). The van der Waals surface area contributed by atoms with E-state index in [-0.39, 0.29) is 24.7 Å². The lowest BCUT2D eigenvalue weighted by Gasteiger charge is -2.26. The number of halogens is 1. The molecule has 1 amide bonds. The molecule has 7 nitrogen and oxygen atoms in total. The molecule has 0 aromatic carbocycles. The average molecular weight is 326 g/mol. The second kappa shape index (κ2) is 7.07. The Bertz CT molecular complexity index is 552. The molecule has 5 N–H and O–H groups in total. The first-order valence-electron chi connectivity index (χ1n) is 5.91. The molecule has 0 aliphatic rings. The number of rotatable bonds is 6. The van der Waals surface area contributed by atoms with Crippen LogP contribution in [0.25, 0.3) is 0 Å². The second-order valence-corrected chi connectivity index (χ2v) is 5.91. The molecule has 0 aliphatic heterocycles. The molecule has 0 spiro atoms. The van der Waals surface area contributed by atoms with E-state index in [1.165, 1.54) is 6.07 Å². The van der Waals surface area contributed by atoms with Crippen molar-refractivity contribution in [3.63, 3.8) is 0 Å². The van der Waals surface area contributed by atoms with E-state index in [1.807, 2.05) is 13.8 Å². The van der Waals surface area contributed by atoms with Gasteiger partial charge < -0.3 is 15.5 Å². The Morgan fingerprint density at radius 3 is 2.30 bits per heavy atom. The minimum Gasteiger partial charge on any atom is -0.438 e. The zero-order chi connectivity index (χ0) is 14.7. The number of primary sulfonamides is 1. The molecular formula is C11H20ClN3O4S. The number of carbonyl (C=O) groups excluding carboxylic acids is 1. The zero-order valence-corrected chi connectivity index (χ0v) is 13.0. The molecule has 0 fully saturated rings. The maximum absolute atomic E-state index is 11.8. The van der Waals surface area contributed by atoms with Gasteiger partial charge in [-0.1, -0.05) is 13.8 Å². The van der Waals surface area contributed by atoms with Crippen molar-refractivity contribution in [3.8, 4) is 0 Å². The van der Waals surface area contributed by atoms with E-state index in [4.69, 9.17) is 15.3 Å². The number of hydrogen-bond donors (Lipinski definition) is 3. The highest BCUT2D eigenvalue weighted by Crippen LogP contribution is 2.13. The maximum atomic E-state index is 11.8. The Labute approximate surface area is 124 Å². The third-order valence-corrected chi connectivity index (χ3v) is 3.88. The molecule has 0 aliphatic carbocycles. The quantitative estimate of drug-likeness (QED) is 0.705. The fraction of sp³-hybridized carbons (Fsp3) is 0.545. The summed E-state index contributed by atoms with van der Waals surface area (Å²) in [4.78, 5) is 11.8. The summed E-state index contributed by atoms with van der Waals surface area (Å²) in [6.07, 6.45) is 1.43. The summed E-state index contributed by atoms with van der Waals surface area (Å²) >= 11 is 0. The molecule has 1 heterocycles. The standard InChI is InChI=1S/C11H19N3O4S.ClH/c1-3-11(12,4-2)7-14-10(15)8-5-6-9(18-8)19(13,16)17;/h5-6H,3-4,7,12H2,1-2H3,(H,14,15)(H2,13,16,17);1H. The van der Waals surface area contributed by atoms with E-state index in [0.29, 0.717) is 12.8 Å². The Kier molecular flexibility index (Phi) is 6.69. The van der Waals surface area contributed by atoms with Crippen molar-refractivity contribution in [2.75, 3.05) is 6.54 Å². The number of amides is 1. The molecule has 0 saturated heterocycles. The third kappa shape index (κ3) is 4.78. The molecular weight excluding hydrogens is 306 g/mol. The minimum absolute atomic E-state index is 0. The lowest BCUT2D eigenvalue weighted by molar-refractivity contribution is 0.0909. The summed E-state index contributed by atoms with van der Waals surface area (Å²) in [5.74, 6) is -0.634. The predicted octanol–water partition coefficient (Wildman–Crippen LogP) is 0.596. The van der Waals surface area contributed by atoms with Gasteiger partial charge in [0.05, 0.1) is 0 Å². The summed E-state index contributed by atoms with van der Waals surface area (Å²) in [6, 6.07) is 2.39. The van der Waals surface area contributed by atoms with E-state index >= 15 is 0 Å². The van der Waals surface area contributed by atoms with Crippen LogP contribution >= 0.6 is 12.4 Å². The van der Waals surface area contributed by atoms with Crippen molar-refractivity contribution < 1.29 is 17.6 Å². The van der Waals surface area contributed by atoms with E-state index in [1.54, 1.807) is 0 Å². The molecule has 116 valence electrons. The van der Waals surface area contributed by atoms with Crippen LogP contribution in [-0.4, -0.2) is 26.4 Å². The van der Waals surface area contributed by atoms with Crippen molar-refractivity contribution in [1.82, 2.24) is 5.32 Å². The van der Waals surface area contributed by atoms with Crippen molar-refractivity contribution in [2.45, 2.75) is 37.3 Å². The normalized spacial score (nSPS) is 11.8. The van der Waals surface area contributed by atoms with E-state index in [9.17, 15) is 13.2 Å². The van der Waals surface area contributed by atoms with Gasteiger partial charge in [-0.3, -0.25) is 4.79 Å². The number of sulfonamides is 1. The summed E-state index contributed by atoms with van der Waals surface area (Å²) in [5, 5.41) is 7.05. The Morgan fingerprint density at radius 1 is 1.35 bits per heavy atom. The van der Waals surface area contributed by atoms with Gasteiger partial charge in [0.25, 0.3) is 15.9 Å². The highest BCUT2D eigenvalue weighted by molar-refractivity contribution is 7.89. The lowest BCUT2D eigenvalue weighted by atomic mass is 9.94. The van der Waals surface area contributed by atoms with E-state index in [2.05, 4.69) is 5.32 Å². The highest BCUT2D eigenvalue weighted by Gasteiger charge is 2.23. The Balaban J connectivity index is 0.00000361. The van der Waals surface area contributed by atoms with E-state index < -0.39 is 26.6 Å². The lowest BCUT2D eigenvalue weighted by Crippen LogP contribution is -2.49. The van der Waals surface area contributed by atoms with Crippen molar-refractivity contribution in [2.24, 2.45) is 10.9 Å². The Morgan fingerprint density at radius 2 is 1.90 bits per heavy atom. The van der Waals surface area contributed by atoms with Crippen LogP contribution in [0, 0.1) is 0 Å². The van der Waals surface area contributed by atoms with Gasteiger partial charge in [-0.05, 0) is 25.0 Å². The second-order valence-electron chi connectivity index (χ2n) is 4.42. The predicted molar refractivity (Wildman–Crippen MR) is 77.2 cm³/mol. The number of nitrogens with two attached hydrogens (primary N) is 2. The van der Waals surface area contributed by atoms with Crippen molar-refractivity contribution in [1.29, 1.82) is 0 Å². The van der Waals surface area contributed by atoms with Crippen LogP contribution < -0.4 is 16.2 Å². The minimum atomic E-state index is -3.94. The summed E-state index contributed by atoms with van der Waals surface area (Å²) < 4.78 is 26.9. The largest absolute Gasteiger partial charge is 0.438 e. The summed E-state index contributed by atoms with van der Waals surface area (Å²) in [6.45, 7) is 4.15. The molecule has 0 radical (unpaired) electrons. The van der Waals surface area contributed by atoms with Gasteiger partial charge in [0.1, 0.15) is 0 Å². The Hall–Kier alpha value is -1.09. The molecule has 0 atom stereocenters. The smallest absolute Gasteiger partial charge is 0.287 e. The third-order valence-electron chi connectivity index (χ3n) is 3.09. The molecule has 1 aromatic rings. The van der Waals surface area contributed by atoms with Gasteiger partial charge in [-0.15, -0.1) is 12.4 Å². The number of furan rings is 1. The van der Waals surface area contributed by atoms with E-state index in [0.717, 1.165) is 6.07 Å². The van der Waals surface area contributed by atoms with Crippen LogP contribution in [0.4, 0.5) is 0 Å². The van der Waals surface area contributed by atoms with Crippen molar-refractivity contribution in [3.05, 3.63) is 17.9 Å². The maximum Gasteiger partial charge on any atom is 0.287 e.